The molecule has 0 aliphatic carbocycles. The summed E-state index contributed by atoms with van der Waals surface area (Å²) in [5, 5.41) is 0.607. The van der Waals surface area contributed by atoms with E-state index in [1.807, 2.05) is 12.1 Å². The Balaban J connectivity index is 2.08. The van der Waals surface area contributed by atoms with Crippen LogP contribution in [-0.2, 0) is 15.6 Å². The van der Waals surface area contributed by atoms with E-state index in [0.29, 0.717) is 17.0 Å². The van der Waals surface area contributed by atoms with Gasteiger partial charge in [-0.15, -0.1) is 0 Å². The molecule has 1 aromatic rings. The second kappa shape index (κ2) is 7.46. The first-order valence-electron chi connectivity index (χ1n) is 7.95. The molecular formula is C18H27O2S+. The molecule has 0 saturated carbocycles. The molecular weight excluding hydrogens is 280 g/mol. The minimum absolute atomic E-state index is 0.110. The van der Waals surface area contributed by atoms with Crippen LogP contribution in [0.2, 0.25) is 0 Å². The van der Waals surface area contributed by atoms with E-state index in [1.165, 1.54) is 5.56 Å². The maximum atomic E-state index is 12.7. The number of Topliss-reactive ketones (excluding diaryl/α,β-unsaturated/α-hetero) is 1. The van der Waals surface area contributed by atoms with E-state index in [9.17, 15) is 4.79 Å². The second-order valence-electron chi connectivity index (χ2n) is 6.00. The smallest absolute Gasteiger partial charge is 0.214 e. The molecule has 1 saturated heterocycles. The molecule has 4 atom stereocenters. The highest BCUT2D eigenvalue weighted by molar-refractivity contribution is 7.98. The summed E-state index contributed by atoms with van der Waals surface area (Å²) >= 11 is 0. The van der Waals surface area contributed by atoms with Gasteiger partial charge in [-0.25, -0.2) is 0 Å². The van der Waals surface area contributed by atoms with Crippen LogP contribution in [0.4, 0.5) is 0 Å². The third-order valence-corrected chi connectivity index (χ3v) is 7.46. The maximum absolute atomic E-state index is 12.7. The number of benzene rings is 1. The number of rotatable bonds is 5. The van der Waals surface area contributed by atoms with Gasteiger partial charge in [0.25, 0.3) is 0 Å². The van der Waals surface area contributed by atoms with E-state index in [0.717, 1.165) is 31.0 Å². The van der Waals surface area contributed by atoms with E-state index < -0.39 is 0 Å². The molecule has 1 heterocycles. The molecule has 0 N–H and O–H groups in total. The van der Waals surface area contributed by atoms with Crippen LogP contribution in [0.25, 0.3) is 0 Å². The summed E-state index contributed by atoms with van der Waals surface area (Å²) < 4.78 is 5.50. The van der Waals surface area contributed by atoms with Gasteiger partial charge in [0.05, 0.1) is 13.2 Å². The summed E-state index contributed by atoms with van der Waals surface area (Å²) in [4.78, 5) is 12.7. The van der Waals surface area contributed by atoms with Gasteiger partial charge >= 0.3 is 0 Å². The first-order chi connectivity index (χ1) is 10.0. The van der Waals surface area contributed by atoms with Crippen molar-refractivity contribution < 1.29 is 9.53 Å². The zero-order valence-electron chi connectivity index (χ0n) is 13.6. The van der Waals surface area contributed by atoms with Crippen LogP contribution in [0.3, 0.4) is 0 Å². The number of hydrogen-bond acceptors (Lipinski definition) is 2. The summed E-state index contributed by atoms with van der Waals surface area (Å²) in [6.45, 7) is 10.3. The fraction of sp³-hybridized carbons (Fsp3) is 0.611. The summed E-state index contributed by atoms with van der Waals surface area (Å²) in [6, 6.07) is 8.25. The Kier molecular flexibility index (Phi) is 5.88. The van der Waals surface area contributed by atoms with Crippen molar-refractivity contribution in [3.05, 3.63) is 35.4 Å². The van der Waals surface area contributed by atoms with Gasteiger partial charge in [-0.1, -0.05) is 38.1 Å². The fourth-order valence-electron chi connectivity index (χ4n) is 2.80. The maximum Gasteiger partial charge on any atom is 0.214 e. The summed E-state index contributed by atoms with van der Waals surface area (Å²) in [5.41, 5.74) is 2.18. The van der Waals surface area contributed by atoms with Crippen LogP contribution in [-0.4, -0.2) is 35.2 Å². The Morgan fingerprint density at radius 2 is 2.00 bits per heavy atom. The molecule has 1 aromatic carbocycles. The van der Waals surface area contributed by atoms with Crippen LogP contribution in [0.15, 0.2) is 24.3 Å². The van der Waals surface area contributed by atoms with Crippen molar-refractivity contribution in [1.29, 1.82) is 0 Å². The number of ketones is 1. The zero-order valence-corrected chi connectivity index (χ0v) is 14.4. The highest BCUT2D eigenvalue weighted by Gasteiger charge is 2.39. The lowest BCUT2D eigenvalue weighted by Gasteiger charge is -2.24. The number of carbonyl (C=O) groups excluding carboxylic acids is 1. The van der Waals surface area contributed by atoms with Crippen molar-refractivity contribution in [2.24, 2.45) is 0 Å². The minimum Gasteiger partial charge on any atom is -0.371 e. The van der Waals surface area contributed by atoms with Gasteiger partial charge in [0, 0.05) is 16.5 Å². The highest BCUT2D eigenvalue weighted by Crippen LogP contribution is 2.23. The molecule has 21 heavy (non-hydrogen) atoms. The lowest BCUT2D eigenvalue weighted by Crippen LogP contribution is -2.43. The number of ether oxygens (including phenoxy) is 1. The van der Waals surface area contributed by atoms with Crippen molar-refractivity contribution >= 4 is 16.7 Å². The molecule has 1 aliphatic heterocycles. The Hall–Kier alpha value is -0.800. The van der Waals surface area contributed by atoms with Crippen molar-refractivity contribution in [3.8, 4) is 0 Å². The van der Waals surface area contributed by atoms with Crippen LogP contribution in [0.1, 0.15) is 56.0 Å². The van der Waals surface area contributed by atoms with E-state index >= 15 is 0 Å². The SMILES string of the molecule is CCC(C)c1ccc(C(=O)C(C)[S+]2CCOCC2C)cc1. The summed E-state index contributed by atoms with van der Waals surface area (Å²) in [7, 11) is 0.145. The first kappa shape index (κ1) is 16.6. The molecule has 116 valence electrons. The standard InChI is InChI=1S/C18H27O2S/c1-5-13(2)16-6-8-17(9-7-16)18(19)15(4)21-11-10-20-12-14(21)3/h6-9,13-15H,5,10-12H2,1-4H3/q+1. The molecule has 3 heteroatoms. The Bertz CT molecular complexity index is 469. The molecule has 0 amide bonds. The molecule has 4 unspecified atom stereocenters. The predicted octanol–water partition coefficient (Wildman–Crippen LogP) is 3.81. The Morgan fingerprint density at radius 3 is 2.57 bits per heavy atom. The van der Waals surface area contributed by atoms with E-state index in [1.54, 1.807) is 0 Å². The lowest BCUT2D eigenvalue weighted by molar-refractivity contribution is 0.0990. The van der Waals surface area contributed by atoms with Gasteiger partial charge in [0.2, 0.25) is 5.78 Å². The summed E-state index contributed by atoms with van der Waals surface area (Å²) in [5.74, 6) is 1.88. The lowest BCUT2D eigenvalue weighted by atomic mass is 9.96. The van der Waals surface area contributed by atoms with E-state index in [2.05, 4.69) is 39.8 Å². The van der Waals surface area contributed by atoms with Crippen molar-refractivity contribution in [1.82, 2.24) is 0 Å². The van der Waals surface area contributed by atoms with Crippen molar-refractivity contribution in [2.75, 3.05) is 19.0 Å². The Morgan fingerprint density at radius 1 is 1.33 bits per heavy atom. The molecule has 0 bridgehead atoms. The van der Waals surface area contributed by atoms with Crippen LogP contribution < -0.4 is 0 Å². The Labute approximate surface area is 131 Å². The third-order valence-electron chi connectivity index (χ3n) is 4.53. The zero-order chi connectivity index (χ0) is 15.4. The summed E-state index contributed by atoms with van der Waals surface area (Å²) in [6.07, 6.45) is 1.13. The number of hydrogen-bond donors (Lipinski definition) is 0. The van der Waals surface area contributed by atoms with E-state index in [-0.39, 0.29) is 16.1 Å². The highest BCUT2D eigenvalue weighted by atomic mass is 32.2. The largest absolute Gasteiger partial charge is 0.371 e. The second-order valence-corrected chi connectivity index (χ2v) is 8.86. The molecule has 0 radical (unpaired) electrons. The van der Waals surface area contributed by atoms with Gasteiger partial charge in [0.15, 0.2) is 5.25 Å². The van der Waals surface area contributed by atoms with Gasteiger partial charge in [-0.05, 0) is 31.7 Å². The molecule has 0 aromatic heterocycles. The minimum atomic E-state index is 0.110. The first-order valence-corrected chi connectivity index (χ1v) is 9.47. The molecule has 2 rings (SSSR count). The molecule has 1 aliphatic rings. The van der Waals surface area contributed by atoms with Crippen LogP contribution >= 0.6 is 0 Å². The monoisotopic (exact) mass is 307 g/mol. The average Bonchev–Trinajstić information content (AvgIpc) is 2.53. The third kappa shape index (κ3) is 3.89. The normalized spacial score (nSPS) is 25.3. The van der Waals surface area contributed by atoms with Crippen molar-refractivity contribution in [2.45, 2.75) is 50.5 Å². The van der Waals surface area contributed by atoms with Gasteiger partial charge < -0.3 is 4.74 Å². The molecule has 0 spiro atoms. The van der Waals surface area contributed by atoms with Crippen LogP contribution in [0.5, 0.6) is 0 Å². The van der Waals surface area contributed by atoms with Gasteiger partial charge in [0.1, 0.15) is 11.0 Å². The quantitative estimate of drug-likeness (QED) is 0.611. The molecule has 1 fully saturated rings. The van der Waals surface area contributed by atoms with Crippen LogP contribution in [0, 0.1) is 0 Å². The fourth-order valence-corrected chi connectivity index (χ4v) is 5.25. The molecule has 2 nitrogen and oxygen atoms in total. The topological polar surface area (TPSA) is 26.3 Å². The number of carbonyl (C=O) groups is 1. The predicted molar refractivity (Wildman–Crippen MR) is 91.5 cm³/mol. The van der Waals surface area contributed by atoms with Crippen molar-refractivity contribution in [3.63, 3.8) is 0 Å². The average molecular weight is 307 g/mol. The van der Waals surface area contributed by atoms with Gasteiger partial charge in [-0.3, -0.25) is 4.79 Å². The van der Waals surface area contributed by atoms with E-state index in [4.69, 9.17) is 4.74 Å². The van der Waals surface area contributed by atoms with Gasteiger partial charge in [-0.2, -0.15) is 0 Å².